The van der Waals surface area contributed by atoms with Gasteiger partial charge in [0, 0.05) is 31.9 Å². The Balaban J connectivity index is 1.68. The molecule has 0 radical (unpaired) electrons. The second-order valence-corrected chi connectivity index (χ2v) is 10.0. The molecule has 0 atom stereocenters. The lowest BCUT2D eigenvalue weighted by Gasteiger charge is -2.53. The summed E-state index contributed by atoms with van der Waals surface area (Å²) in [5.74, 6) is -1.81. The molecule has 0 unspecified atom stereocenters. The number of esters is 1. The van der Waals surface area contributed by atoms with E-state index in [-0.39, 0.29) is 44.4 Å². The SMILES string of the molecule is CCOC(=O)C1(C(=O)N2CC(C(=O)Nc3ccc(C)nc3OC(F)F)(c3ccccc3C(C)C)C2)CNC1. The zero-order chi connectivity index (χ0) is 27.7. The van der Waals surface area contributed by atoms with E-state index in [9.17, 15) is 23.2 Å². The molecule has 1 aromatic carbocycles. The average Bonchev–Trinajstić information content (AvgIpc) is 2.79. The first-order chi connectivity index (χ1) is 18.0. The second kappa shape index (κ2) is 10.6. The Morgan fingerprint density at radius 2 is 1.82 bits per heavy atom. The normalized spacial score (nSPS) is 17.4. The van der Waals surface area contributed by atoms with Crippen LogP contribution in [0, 0.1) is 12.3 Å². The Morgan fingerprint density at radius 1 is 1.13 bits per heavy atom. The maximum absolute atomic E-state index is 13.9. The first-order valence-electron chi connectivity index (χ1n) is 12.5. The molecule has 2 N–H and O–H groups in total. The highest BCUT2D eigenvalue weighted by molar-refractivity contribution is 6.07. The summed E-state index contributed by atoms with van der Waals surface area (Å²) in [6.45, 7) is 4.65. The van der Waals surface area contributed by atoms with Crippen molar-refractivity contribution in [1.29, 1.82) is 0 Å². The molecule has 1 aromatic heterocycles. The van der Waals surface area contributed by atoms with E-state index in [4.69, 9.17) is 4.74 Å². The Bertz CT molecular complexity index is 1230. The molecular formula is C27H32F2N4O5. The number of pyridine rings is 1. The minimum atomic E-state index is -3.12. The molecule has 0 spiro atoms. The highest BCUT2D eigenvalue weighted by Gasteiger charge is 2.60. The maximum atomic E-state index is 13.9. The van der Waals surface area contributed by atoms with Crippen molar-refractivity contribution in [2.24, 2.45) is 5.41 Å². The van der Waals surface area contributed by atoms with E-state index in [1.807, 2.05) is 38.1 Å². The van der Waals surface area contributed by atoms with Gasteiger partial charge in [0.1, 0.15) is 11.1 Å². The van der Waals surface area contributed by atoms with Gasteiger partial charge in [-0.15, -0.1) is 0 Å². The number of nitrogens with one attached hydrogen (secondary N) is 2. The molecule has 2 saturated heterocycles. The molecule has 0 saturated carbocycles. The molecule has 2 amide bonds. The Morgan fingerprint density at radius 3 is 2.39 bits per heavy atom. The number of ether oxygens (including phenoxy) is 2. The molecule has 3 heterocycles. The maximum Gasteiger partial charge on any atom is 0.388 e. The topological polar surface area (TPSA) is 110 Å². The van der Waals surface area contributed by atoms with Crippen LogP contribution >= 0.6 is 0 Å². The fourth-order valence-corrected chi connectivity index (χ4v) is 5.00. The second-order valence-electron chi connectivity index (χ2n) is 10.0. The van der Waals surface area contributed by atoms with Crippen LogP contribution in [-0.2, 0) is 24.5 Å². The standard InChI is InChI=1S/C27H32F2N4O5/c1-5-37-24(36)26(12-30-13-26)23(35)33-14-27(15-33,19-9-7-6-8-18(19)16(2)3)22(34)32-20-11-10-17(4)31-21(20)38-25(28)29/h6-11,16,25,30H,5,12-15H2,1-4H3,(H,32,34). The number of hydrogen-bond acceptors (Lipinski definition) is 7. The number of nitrogens with zero attached hydrogens (tertiary/aromatic N) is 2. The molecule has 2 aliphatic rings. The van der Waals surface area contributed by atoms with E-state index >= 15 is 0 Å². The Labute approximate surface area is 219 Å². The van der Waals surface area contributed by atoms with Crippen LogP contribution in [0.25, 0.3) is 0 Å². The van der Waals surface area contributed by atoms with Crippen molar-refractivity contribution in [3.63, 3.8) is 0 Å². The van der Waals surface area contributed by atoms with Crippen molar-refractivity contribution in [3.05, 3.63) is 53.2 Å². The van der Waals surface area contributed by atoms with Crippen molar-refractivity contribution in [1.82, 2.24) is 15.2 Å². The summed E-state index contributed by atoms with van der Waals surface area (Å²) in [6, 6.07) is 10.5. The van der Waals surface area contributed by atoms with Crippen molar-refractivity contribution < 1.29 is 32.6 Å². The number of amides is 2. The van der Waals surface area contributed by atoms with E-state index in [0.717, 1.165) is 11.1 Å². The van der Waals surface area contributed by atoms with Crippen molar-refractivity contribution in [2.45, 2.75) is 45.6 Å². The highest BCUT2D eigenvalue weighted by atomic mass is 19.3. The van der Waals surface area contributed by atoms with Gasteiger partial charge in [-0.05, 0) is 43.0 Å². The van der Waals surface area contributed by atoms with Gasteiger partial charge >= 0.3 is 12.6 Å². The molecule has 9 nitrogen and oxygen atoms in total. The highest BCUT2D eigenvalue weighted by Crippen LogP contribution is 2.43. The lowest BCUT2D eigenvalue weighted by Crippen LogP contribution is -2.73. The summed E-state index contributed by atoms with van der Waals surface area (Å²) >= 11 is 0. The average molecular weight is 531 g/mol. The molecule has 11 heteroatoms. The predicted octanol–water partition coefficient (Wildman–Crippen LogP) is 2.99. The number of rotatable bonds is 9. The number of aryl methyl sites for hydroxylation is 1. The first kappa shape index (κ1) is 27.4. The lowest BCUT2D eigenvalue weighted by molar-refractivity contribution is -0.173. The van der Waals surface area contributed by atoms with Crippen LogP contribution in [0.5, 0.6) is 5.88 Å². The van der Waals surface area contributed by atoms with Gasteiger partial charge in [0.05, 0.1) is 6.61 Å². The molecule has 2 aliphatic heterocycles. The van der Waals surface area contributed by atoms with Crippen LogP contribution in [0.4, 0.5) is 14.5 Å². The summed E-state index contributed by atoms with van der Waals surface area (Å²) < 4.78 is 35.8. The number of likely N-dealkylation sites (tertiary alicyclic amines) is 1. The van der Waals surface area contributed by atoms with Crippen LogP contribution in [-0.4, -0.2) is 67.1 Å². The van der Waals surface area contributed by atoms with Gasteiger partial charge < -0.3 is 25.0 Å². The largest absolute Gasteiger partial charge is 0.465 e. The monoisotopic (exact) mass is 530 g/mol. The third-order valence-electron chi connectivity index (χ3n) is 7.12. The van der Waals surface area contributed by atoms with Crippen LogP contribution in [0.2, 0.25) is 0 Å². The van der Waals surface area contributed by atoms with E-state index in [1.165, 1.54) is 11.0 Å². The number of hydrogen-bond donors (Lipinski definition) is 2. The van der Waals surface area contributed by atoms with Crippen molar-refractivity contribution in [2.75, 3.05) is 38.1 Å². The molecule has 4 rings (SSSR count). The van der Waals surface area contributed by atoms with E-state index in [2.05, 4.69) is 20.4 Å². The van der Waals surface area contributed by atoms with Crippen LogP contribution in [0.3, 0.4) is 0 Å². The van der Waals surface area contributed by atoms with E-state index in [1.54, 1.807) is 19.9 Å². The fraction of sp³-hybridized carbons (Fsp3) is 0.481. The fourth-order valence-electron chi connectivity index (χ4n) is 5.00. The molecule has 2 fully saturated rings. The molecule has 2 aromatic rings. The number of carbonyl (C=O) groups excluding carboxylic acids is 3. The Hall–Kier alpha value is -3.60. The molecule has 38 heavy (non-hydrogen) atoms. The lowest BCUT2D eigenvalue weighted by atomic mass is 9.68. The van der Waals surface area contributed by atoms with Crippen LogP contribution < -0.4 is 15.4 Å². The zero-order valence-corrected chi connectivity index (χ0v) is 21.8. The summed E-state index contributed by atoms with van der Waals surface area (Å²) in [5.41, 5.74) is -0.419. The van der Waals surface area contributed by atoms with Crippen LogP contribution in [0.1, 0.15) is 43.5 Å². The summed E-state index contributed by atoms with van der Waals surface area (Å²) in [7, 11) is 0. The number of carbonyl (C=O) groups is 3. The smallest absolute Gasteiger partial charge is 0.388 e. The van der Waals surface area contributed by atoms with Crippen molar-refractivity contribution >= 4 is 23.5 Å². The van der Waals surface area contributed by atoms with Gasteiger partial charge in [-0.1, -0.05) is 38.1 Å². The molecule has 0 aliphatic carbocycles. The Kier molecular flexibility index (Phi) is 7.68. The summed E-state index contributed by atoms with van der Waals surface area (Å²) in [4.78, 5) is 45.6. The van der Waals surface area contributed by atoms with Crippen LogP contribution in [0.15, 0.2) is 36.4 Å². The zero-order valence-electron chi connectivity index (χ0n) is 21.8. The third kappa shape index (κ3) is 4.82. The predicted molar refractivity (Wildman–Crippen MR) is 135 cm³/mol. The number of alkyl halides is 2. The van der Waals surface area contributed by atoms with E-state index in [0.29, 0.717) is 5.69 Å². The summed E-state index contributed by atoms with van der Waals surface area (Å²) in [5, 5.41) is 5.69. The van der Waals surface area contributed by atoms with Gasteiger partial charge in [0.25, 0.3) is 0 Å². The number of anilines is 1. The first-order valence-corrected chi connectivity index (χ1v) is 12.5. The third-order valence-corrected chi connectivity index (χ3v) is 7.12. The van der Waals surface area contributed by atoms with Gasteiger partial charge in [-0.3, -0.25) is 14.4 Å². The van der Waals surface area contributed by atoms with Crippen molar-refractivity contribution in [3.8, 4) is 5.88 Å². The van der Waals surface area contributed by atoms with Gasteiger partial charge in [-0.25, -0.2) is 4.98 Å². The molecule has 204 valence electrons. The minimum Gasteiger partial charge on any atom is -0.465 e. The molecule has 0 bridgehead atoms. The van der Waals surface area contributed by atoms with Gasteiger partial charge in [-0.2, -0.15) is 8.78 Å². The quantitative estimate of drug-likeness (QED) is 0.379. The number of benzene rings is 1. The minimum absolute atomic E-state index is 0.00161. The molecular weight excluding hydrogens is 498 g/mol. The van der Waals surface area contributed by atoms with Gasteiger partial charge in [0.15, 0.2) is 5.41 Å². The number of halogens is 2. The van der Waals surface area contributed by atoms with E-state index < -0.39 is 41.1 Å². The summed E-state index contributed by atoms with van der Waals surface area (Å²) in [6.07, 6.45) is 0. The van der Waals surface area contributed by atoms with Gasteiger partial charge in [0.2, 0.25) is 17.7 Å². The number of aromatic nitrogens is 1.